The van der Waals surface area contributed by atoms with E-state index in [1.807, 2.05) is 11.0 Å². The van der Waals surface area contributed by atoms with E-state index in [1.165, 1.54) is 11.9 Å². The van der Waals surface area contributed by atoms with Crippen LogP contribution in [0.1, 0.15) is 18.4 Å². The van der Waals surface area contributed by atoms with Crippen molar-refractivity contribution in [1.29, 1.82) is 0 Å². The minimum Gasteiger partial charge on any atom is -0.375 e. The van der Waals surface area contributed by atoms with E-state index in [0.717, 1.165) is 19.3 Å². The molecule has 1 aliphatic rings. The van der Waals surface area contributed by atoms with E-state index in [9.17, 15) is 4.79 Å². The first-order valence-electron chi connectivity index (χ1n) is 8.07. The van der Waals surface area contributed by atoms with Crippen molar-refractivity contribution in [3.63, 3.8) is 0 Å². The Bertz CT molecular complexity index is 600. The SMILES string of the molecule is O=C(Cn1cncn1)N1CCO[C@@H](CCCc2ccccc2)C1. The van der Waals surface area contributed by atoms with Crippen LogP contribution in [0.4, 0.5) is 0 Å². The Hall–Kier alpha value is -2.21. The number of benzene rings is 1. The largest absolute Gasteiger partial charge is 0.375 e. The zero-order chi connectivity index (χ0) is 15.9. The fraction of sp³-hybridized carbons (Fsp3) is 0.471. The topological polar surface area (TPSA) is 60.2 Å². The number of carbonyl (C=O) groups excluding carboxylic acids is 1. The monoisotopic (exact) mass is 314 g/mol. The van der Waals surface area contributed by atoms with Gasteiger partial charge in [-0.25, -0.2) is 9.67 Å². The molecule has 0 spiro atoms. The average molecular weight is 314 g/mol. The second-order valence-electron chi connectivity index (χ2n) is 5.80. The van der Waals surface area contributed by atoms with Crippen molar-refractivity contribution in [1.82, 2.24) is 19.7 Å². The number of hydrogen-bond donors (Lipinski definition) is 0. The van der Waals surface area contributed by atoms with Crippen molar-refractivity contribution in [2.24, 2.45) is 0 Å². The smallest absolute Gasteiger partial charge is 0.244 e. The maximum absolute atomic E-state index is 12.3. The van der Waals surface area contributed by atoms with E-state index in [4.69, 9.17) is 4.74 Å². The molecule has 2 aromatic rings. The first kappa shape index (κ1) is 15.7. The first-order valence-corrected chi connectivity index (χ1v) is 8.07. The summed E-state index contributed by atoms with van der Waals surface area (Å²) >= 11 is 0. The first-order chi connectivity index (χ1) is 11.3. The highest BCUT2D eigenvalue weighted by Crippen LogP contribution is 2.13. The fourth-order valence-electron chi connectivity index (χ4n) is 2.85. The molecular formula is C17H22N4O2. The zero-order valence-electron chi connectivity index (χ0n) is 13.2. The Kier molecular flexibility index (Phi) is 5.37. The van der Waals surface area contributed by atoms with Crippen molar-refractivity contribution >= 4 is 5.91 Å². The quantitative estimate of drug-likeness (QED) is 0.811. The van der Waals surface area contributed by atoms with Crippen LogP contribution in [-0.2, 0) is 22.5 Å². The van der Waals surface area contributed by atoms with Crippen molar-refractivity contribution in [3.05, 3.63) is 48.5 Å². The molecule has 0 unspecified atom stereocenters. The van der Waals surface area contributed by atoms with Gasteiger partial charge in [0, 0.05) is 13.1 Å². The molecule has 1 aromatic carbocycles. The molecule has 1 fully saturated rings. The molecule has 23 heavy (non-hydrogen) atoms. The predicted molar refractivity (Wildman–Crippen MR) is 85.7 cm³/mol. The van der Waals surface area contributed by atoms with E-state index in [1.54, 1.807) is 11.0 Å². The van der Waals surface area contributed by atoms with Gasteiger partial charge in [0.05, 0.1) is 12.7 Å². The zero-order valence-corrected chi connectivity index (χ0v) is 13.2. The molecule has 1 amide bonds. The van der Waals surface area contributed by atoms with Gasteiger partial charge >= 0.3 is 0 Å². The lowest BCUT2D eigenvalue weighted by atomic mass is 10.1. The second kappa shape index (κ2) is 7.87. The molecule has 0 N–H and O–H groups in total. The molecule has 0 radical (unpaired) electrons. The third-order valence-corrected chi connectivity index (χ3v) is 4.09. The van der Waals surface area contributed by atoms with Gasteiger partial charge < -0.3 is 9.64 Å². The minimum atomic E-state index is 0.0758. The Morgan fingerprint density at radius 1 is 1.30 bits per heavy atom. The van der Waals surface area contributed by atoms with E-state index in [2.05, 4.69) is 34.3 Å². The maximum Gasteiger partial charge on any atom is 0.244 e. The third-order valence-electron chi connectivity index (χ3n) is 4.09. The van der Waals surface area contributed by atoms with Gasteiger partial charge in [-0.15, -0.1) is 0 Å². The summed E-state index contributed by atoms with van der Waals surface area (Å²) in [7, 11) is 0. The molecule has 1 atom stereocenters. The van der Waals surface area contributed by atoms with Gasteiger partial charge in [0.1, 0.15) is 19.2 Å². The average Bonchev–Trinajstić information content (AvgIpc) is 3.09. The molecule has 6 nitrogen and oxygen atoms in total. The molecule has 1 saturated heterocycles. The van der Waals surface area contributed by atoms with Crippen LogP contribution in [0.5, 0.6) is 0 Å². The van der Waals surface area contributed by atoms with Crippen molar-refractivity contribution in [2.45, 2.75) is 31.9 Å². The fourth-order valence-corrected chi connectivity index (χ4v) is 2.85. The lowest BCUT2D eigenvalue weighted by Gasteiger charge is -2.33. The number of hydrogen-bond acceptors (Lipinski definition) is 4. The summed E-state index contributed by atoms with van der Waals surface area (Å²) < 4.78 is 7.36. The highest BCUT2D eigenvalue weighted by Gasteiger charge is 2.24. The lowest BCUT2D eigenvalue weighted by Crippen LogP contribution is -2.46. The number of amides is 1. The number of nitrogens with zero attached hydrogens (tertiary/aromatic N) is 4. The molecular weight excluding hydrogens is 292 g/mol. The van der Waals surface area contributed by atoms with Crippen molar-refractivity contribution in [2.75, 3.05) is 19.7 Å². The maximum atomic E-state index is 12.3. The Balaban J connectivity index is 1.43. The van der Waals surface area contributed by atoms with Crippen LogP contribution < -0.4 is 0 Å². The Morgan fingerprint density at radius 3 is 2.96 bits per heavy atom. The standard InChI is InChI=1S/C17H22N4O2/c22-17(12-21-14-18-13-19-21)20-9-10-23-16(11-20)8-4-7-15-5-2-1-3-6-15/h1-3,5-6,13-14,16H,4,7-12H2/t16-/m0/s1. The van der Waals surface area contributed by atoms with E-state index in [0.29, 0.717) is 19.7 Å². The second-order valence-corrected chi connectivity index (χ2v) is 5.80. The van der Waals surface area contributed by atoms with Crippen LogP contribution in [0.15, 0.2) is 43.0 Å². The van der Waals surface area contributed by atoms with Crippen LogP contribution >= 0.6 is 0 Å². The van der Waals surface area contributed by atoms with Crippen molar-refractivity contribution in [3.8, 4) is 0 Å². The summed E-state index contributed by atoms with van der Waals surface area (Å²) in [6.07, 6.45) is 6.23. The third kappa shape index (κ3) is 4.63. The van der Waals surface area contributed by atoms with Gasteiger partial charge in [0.15, 0.2) is 0 Å². The Morgan fingerprint density at radius 2 is 2.17 bits per heavy atom. The van der Waals surface area contributed by atoms with Crippen LogP contribution in [0.3, 0.4) is 0 Å². The molecule has 0 bridgehead atoms. The summed E-state index contributed by atoms with van der Waals surface area (Å²) in [6, 6.07) is 10.5. The van der Waals surface area contributed by atoms with Gasteiger partial charge in [-0.05, 0) is 24.8 Å². The van der Waals surface area contributed by atoms with E-state index in [-0.39, 0.29) is 18.6 Å². The molecule has 6 heteroatoms. The molecule has 0 aliphatic carbocycles. The molecule has 122 valence electrons. The van der Waals surface area contributed by atoms with Crippen LogP contribution in [0.25, 0.3) is 0 Å². The summed E-state index contributed by atoms with van der Waals surface area (Å²) in [4.78, 5) is 18.0. The van der Waals surface area contributed by atoms with E-state index < -0.39 is 0 Å². The number of aryl methyl sites for hydroxylation is 1. The van der Waals surface area contributed by atoms with Gasteiger partial charge in [0.2, 0.25) is 5.91 Å². The predicted octanol–water partition coefficient (Wildman–Crippen LogP) is 1.53. The number of rotatable bonds is 6. The number of carbonyl (C=O) groups is 1. The molecule has 1 aromatic heterocycles. The van der Waals surface area contributed by atoms with Crippen LogP contribution in [0, 0.1) is 0 Å². The Labute approximate surface area is 136 Å². The van der Waals surface area contributed by atoms with Crippen LogP contribution in [-0.4, -0.2) is 51.4 Å². The summed E-state index contributed by atoms with van der Waals surface area (Å²) in [6.45, 7) is 2.18. The number of morpholine rings is 1. The molecule has 0 saturated carbocycles. The number of ether oxygens (including phenoxy) is 1. The van der Waals surface area contributed by atoms with E-state index >= 15 is 0 Å². The van der Waals surface area contributed by atoms with Gasteiger partial charge in [0.25, 0.3) is 0 Å². The van der Waals surface area contributed by atoms with Gasteiger partial charge in [-0.3, -0.25) is 4.79 Å². The van der Waals surface area contributed by atoms with Gasteiger partial charge in [-0.1, -0.05) is 30.3 Å². The molecule has 1 aliphatic heterocycles. The number of aromatic nitrogens is 3. The summed E-state index contributed by atoms with van der Waals surface area (Å²) in [5.41, 5.74) is 1.35. The highest BCUT2D eigenvalue weighted by atomic mass is 16.5. The minimum absolute atomic E-state index is 0.0758. The summed E-state index contributed by atoms with van der Waals surface area (Å²) in [5, 5.41) is 3.98. The lowest BCUT2D eigenvalue weighted by molar-refractivity contribution is -0.139. The summed E-state index contributed by atoms with van der Waals surface area (Å²) in [5.74, 6) is 0.0758. The van der Waals surface area contributed by atoms with Crippen LogP contribution in [0.2, 0.25) is 0 Å². The van der Waals surface area contributed by atoms with Crippen molar-refractivity contribution < 1.29 is 9.53 Å². The van der Waals surface area contributed by atoms with Gasteiger partial charge in [-0.2, -0.15) is 5.10 Å². The normalized spacial score (nSPS) is 18.1. The molecule has 2 heterocycles. The molecule has 3 rings (SSSR count). The highest BCUT2D eigenvalue weighted by molar-refractivity contribution is 5.76.